The van der Waals surface area contributed by atoms with Crippen LogP contribution in [0, 0.1) is 5.92 Å². The van der Waals surface area contributed by atoms with Gasteiger partial charge in [0.1, 0.15) is 5.75 Å². The van der Waals surface area contributed by atoms with Crippen molar-refractivity contribution in [1.82, 2.24) is 4.90 Å². The Bertz CT molecular complexity index is 516. The summed E-state index contributed by atoms with van der Waals surface area (Å²) < 4.78 is 0. The summed E-state index contributed by atoms with van der Waals surface area (Å²) in [6.45, 7) is 10.7. The molecular weight excluding hydrogens is 270 g/mol. The van der Waals surface area contributed by atoms with Crippen LogP contribution in [0.1, 0.15) is 31.4 Å². The molecule has 2 aliphatic rings. The van der Waals surface area contributed by atoms with E-state index in [0.29, 0.717) is 17.7 Å². The molecule has 3 atom stereocenters. The van der Waals surface area contributed by atoms with E-state index in [1.807, 2.05) is 18.2 Å². The van der Waals surface area contributed by atoms with E-state index in [-0.39, 0.29) is 17.8 Å². The summed E-state index contributed by atoms with van der Waals surface area (Å²) in [6, 6.07) is 6.53. The van der Waals surface area contributed by atoms with Crippen LogP contribution >= 0.6 is 12.4 Å². The molecule has 1 N–H and O–H groups in total. The highest BCUT2D eigenvalue weighted by Crippen LogP contribution is 2.49. The Labute approximate surface area is 127 Å². The largest absolute Gasteiger partial charge is 0.508 e. The minimum absolute atomic E-state index is 0. The molecule has 1 fully saturated rings. The quantitative estimate of drug-likeness (QED) is 0.843. The molecule has 1 aliphatic heterocycles. The molecule has 0 aromatic heterocycles. The second-order valence-corrected chi connectivity index (χ2v) is 6.35. The number of aromatic hydroxyl groups is 1. The van der Waals surface area contributed by atoms with E-state index in [1.54, 1.807) is 0 Å². The molecule has 2 nitrogen and oxygen atoms in total. The van der Waals surface area contributed by atoms with Crippen LogP contribution in [0.4, 0.5) is 0 Å². The number of likely N-dealkylation sites (tertiary alicyclic amines) is 1. The molecule has 1 heterocycles. The van der Waals surface area contributed by atoms with E-state index in [4.69, 9.17) is 0 Å². The third kappa shape index (κ3) is 2.15. The van der Waals surface area contributed by atoms with Crippen LogP contribution in [-0.4, -0.2) is 29.1 Å². The lowest BCUT2D eigenvalue weighted by Gasteiger charge is -2.54. The number of halogens is 1. The number of rotatable bonds is 2. The Balaban J connectivity index is 0.00000147. The zero-order valence-electron chi connectivity index (χ0n) is 12.3. The summed E-state index contributed by atoms with van der Waals surface area (Å²) in [5, 5.41) is 9.80. The molecule has 3 heteroatoms. The lowest BCUT2D eigenvalue weighted by Crippen LogP contribution is -2.57. The van der Waals surface area contributed by atoms with Crippen molar-refractivity contribution in [1.29, 1.82) is 0 Å². The zero-order valence-corrected chi connectivity index (χ0v) is 13.1. The molecule has 1 aromatic rings. The van der Waals surface area contributed by atoms with Crippen molar-refractivity contribution in [2.45, 2.75) is 38.1 Å². The Kier molecular flexibility index (Phi) is 4.17. The van der Waals surface area contributed by atoms with Crippen molar-refractivity contribution in [3.05, 3.63) is 42.0 Å². The fourth-order valence-electron chi connectivity index (χ4n) is 4.09. The van der Waals surface area contributed by atoms with Gasteiger partial charge in [-0.15, -0.1) is 19.0 Å². The predicted molar refractivity (Wildman–Crippen MR) is 85.7 cm³/mol. The normalized spacial score (nSPS) is 32.1. The summed E-state index contributed by atoms with van der Waals surface area (Å²) in [5.41, 5.74) is 2.99. The standard InChI is InChI=1S/C17H23NO.ClH/c1-4-8-18-9-7-17(3)12(2)16(18)10-13-5-6-14(19)11-15(13)17;/h4-6,11-12,16,19H,1,7-10H2,2-3H3;1H/t12?,16?,17-;/m1./s1. The second kappa shape index (κ2) is 5.42. The van der Waals surface area contributed by atoms with Crippen LogP contribution in [0.2, 0.25) is 0 Å². The molecule has 0 spiro atoms. The van der Waals surface area contributed by atoms with Gasteiger partial charge in [0, 0.05) is 12.6 Å². The van der Waals surface area contributed by atoms with Gasteiger partial charge in [0.25, 0.3) is 0 Å². The molecule has 0 amide bonds. The predicted octanol–water partition coefficient (Wildman–Crippen LogP) is 3.52. The third-order valence-corrected chi connectivity index (χ3v) is 5.47. The first-order valence-corrected chi connectivity index (χ1v) is 7.23. The van der Waals surface area contributed by atoms with Gasteiger partial charge in [0.05, 0.1) is 0 Å². The topological polar surface area (TPSA) is 23.5 Å². The number of benzene rings is 1. The highest BCUT2D eigenvalue weighted by Gasteiger charge is 2.48. The average molecular weight is 294 g/mol. The molecule has 110 valence electrons. The van der Waals surface area contributed by atoms with Crippen molar-refractivity contribution < 1.29 is 5.11 Å². The lowest BCUT2D eigenvalue weighted by molar-refractivity contribution is 0.0398. The molecule has 0 saturated carbocycles. The van der Waals surface area contributed by atoms with Crippen molar-refractivity contribution in [2.75, 3.05) is 13.1 Å². The molecule has 1 saturated heterocycles. The number of hydrogen-bond donors (Lipinski definition) is 1. The van der Waals surface area contributed by atoms with Gasteiger partial charge in [-0.1, -0.05) is 26.0 Å². The van der Waals surface area contributed by atoms with Crippen molar-refractivity contribution in [3.63, 3.8) is 0 Å². The Morgan fingerprint density at radius 2 is 2.25 bits per heavy atom. The Hall–Kier alpha value is -0.990. The minimum atomic E-state index is 0. The number of phenols is 1. The minimum Gasteiger partial charge on any atom is -0.508 e. The van der Waals surface area contributed by atoms with Crippen molar-refractivity contribution in [2.24, 2.45) is 5.92 Å². The monoisotopic (exact) mass is 293 g/mol. The van der Waals surface area contributed by atoms with Crippen LogP contribution in [0.5, 0.6) is 5.75 Å². The average Bonchev–Trinajstić information content (AvgIpc) is 2.38. The van der Waals surface area contributed by atoms with Crippen molar-refractivity contribution in [3.8, 4) is 5.75 Å². The zero-order chi connectivity index (χ0) is 13.6. The number of nitrogens with zero attached hydrogens (tertiary/aromatic N) is 1. The summed E-state index contributed by atoms with van der Waals surface area (Å²) in [4.78, 5) is 2.56. The van der Waals surface area contributed by atoms with E-state index in [9.17, 15) is 5.11 Å². The van der Waals surface area contributed by atoms with E-state index in [1.165, 1.54) is 11.1 Å². The number of hydrogen-bond acceptors (Lipinski definition) is 2. The van der Waals surface area contributed by atoms with Gasteiger partial charge in [-0.05, 0) is 54.0 Å². The summed E-state index contributed by atoms with van der Waals surface area (Å²) in [5.74, 6) is 1.02. The van der Waals surface area contributed by atoms with E-state index >= 15 is 0 Å². The van der Waals surface area contributed by atoms with Gasteiger partial charge in [-0.3, -0.25) is 4.90 Å². The Morgan fingerprint density at radius 3 is 2.95 bits per heavy atom. The van der Waals surface area contributed by atoms with E-state index in [2.05, 4.69) is 31.4 Å². The first-order chi connectivity index (χ1) is 9.06. The second-order valence-electron chi connectivity index (χ2n) is 6.35. The van der Waals surface area contributed by atoms with Gasteiger partial charge < -0.3 is 5.11 Å². The summed E-state index contributed by atoms with van der Waals surface area (Å²) in [6.07, 6.45) is 4.27. The van der Waals surface area contributed by atoms with Gasteiger partial charge in [-0.25, -0.2) is 0 Å². The molecule has 3 rings (SSSR count). The molecule has 2 unspecified atom stereocenters. The molecule has 0 radical (unpaired) electrons. The maximum Gasteiger partial charge on any atom is 0.115 e. The van der Waals surface area contributed by atoms with Crippen LogP contribution in [0.15, 0.2) is 30.9 Å². The van der Waals surface area contributed by atoms with E-state index in [0.717, 1.165) is 25.9 Å². The highest BCUT2D eigenvalue weighted by atomic mass is 35.5. The van der Waals surface area contributed by atoms with E-state index < -0.39 is 0 Å². The molecular formula is C17H24ClNO. The Morgan fingerprint density at radius 1 is 1.50 bits per heavy atom. The van der Waals surface area contributed by atoms with Crippen LogP contribution in [0.3, 0.4) is 0 Å². The first kappa shape index (κ1) is 15.4. The van der Waals surface area contributed by atoms with Gasteiger partial charge >= 0.3 is 0 Å². The smallest absolute Gasteiger partial charge is 0.115 e. The highest BCUT2D eigenvalue weighted by molar-refractivity contribution is 5.85. The SMILES string of the molecule is C=CCN1CC[C@@]2(C)c3cc(O)ccc3CC1C2C.Cl. The molecule has 1 aromatic carbocycles. The maximum absolute atomic E-state index is 9.80. The number of piperidine rings is 1. The fraction of sp³-hybridized carbons (Fsp3) is 0.529. The van der Waals surface area contributed by atoms with Crippen molar-refractivity contribution >= 4 is 12.4 Å². The number of fused-ring (bicyclic) bond motifs is 4. The summed E-state index contributed by atoms with van der Waals surface area (Å²) in [7, 11) is 0. The van der Waals surface area contributed by atoms with Crippen LogP contribution in [0.25, 0.3) is 0 Å². The van der Waals surface area contributed by atoms with Crippen LogP contribution < -0.4 is 0 Å². The van der Waals surface area contributed by atoms with Crippen LogP contribution in [-0.2, 0) is 11.8 Å². The summed E-state index contributed by atoms with van der Waals surface area (Å²) >= 11 is 0. The number of phenolic OH excluding ortho intramolecular Hbond substituents is 1. The van der Waals surface area contributed by atoms with Gasteiger partial charge in [0.2, 0.25) is 0 Å². The third-order valence-electron chi connectivity index (χ3n) is 5.47. The van der Waals surface area contributed by atoms with Gasteiger partial charge in [0.15, 0.2) is 0 Å². The molecule has 2 bridgehead atoms. The molecule has 1 aliphatic carbocycles. The molecule has 20 heavy (non-hydrogen) atoms. The van der Waals surface area contributed by atoms with Gasteiger partial charge in [-0.2, -0.15) is 0 Å². The fourth-order valence-corrected chi connectivity index (χ4v) is 4.09. The maximum atomic E-state index is 9.80. The lowest BCUT2D eigenvalue weighted by atomic mass is 9.59. The first-order valence-electron chi connectivity index (χ1n) is 7.23.